The summed E-state index contributed by atoms with van der Waals surface area (Å²) in [5.41, 5.74) is 2.76. The summed E-state index contributed by atoms with van der Waals surface area (Å²) in [4.78, 5) is 32.1. The molecule has 1 fully saturated rings. The number of hydrogen-bond acceptors (Lipinski definition) is 6. The van der Waals surface area contributed by atoms with Gasteiger partial charge in [-0.1, -0.05) is 32.0 Å². The fraction of sp³-hybridized carbons (Fsp3) is 0.438. The molecule has 0 bridgehead atoms. The Kier molecular flexibility index (Phi) is 9.05. The predicted molar refractivity (Wildman–Crippen MR) is 152 cm³/mol. The molecule has 0 aliphatic carbocycles. The lowest BCUT2D eigenvalue weighted by Crippen LogP contribution is -2.49. The van der Waals surface area contributed by atoms with E-state index in [4.69, 9.17) is 13.9 Å². The maximum absolute atomic E-state index is 14.2. The van der Waals surface area contributed by atoms with E-state index >= 15 is 0 Å². The Hall–Kier alpha value is -3.69. The van der Waals surface area contributed by atoms with E-state index in [9.17, 15) is 14.0 Å². The van der Waals surface area contributed by atoms with Gasteiger partial charge in [0.05, 0.1) is 12.6 Å². The first-order valence-electron chi connectivity index (χ1n) is 14.2. The molecule has 218 valence electrons. The van der Waals surface area contributed by atoms with Crippen molar-refractivity contribution >= 4 is 11.8 Å². The molecular weight excluding hydrogens is 525 g/mol. The molecule has 1 saturated heterocycles. The van der Waals surface area contributed by atoms with Crippen LogP contribution >= 0.6 is 0 Å². The molecule has 0 spiro atoms. The molecule has 0 radical (unpaired) electrons. The summed E-state index contributed by atoms with van der Waals surface area (Å²) in [7, 11) is 1.69. The number of furan rings is 1. The van der Waals surface area contributed by atoms with Gasteiger partial charge >= 0.3 is 0 Å². The number of hydrogen-bond donors (Lipinski definition) is 0. The Labute approximate surface area is 240 Å². The Morgan fingerprint density at radius 3 is 2.56 bits per heavy atom. The second-order valence-electron chi connectivity index (χ2n) is 10.9. The normalized spacial score (nSPS) is 17.5. The van der Waals surface area contributed by atoms with Crippen molar-refractivity contribution in [2.45, 2.75) is 32.9 Å². The summed E-state index contributed by atoms with van der Waals surface area (Å²) in [6, 6.07) is 15.3. The fourth-order valence-electron chi connectivity index (χ4n) is 5.56. The number of nitrogens with zero attached hydrogens (tertiary/aromatic N) is 3. The Bertz CT molecular complexity index is 1360. The average molecular weight is 564 g/mol. The molecule has 2 amide bonds. The first-order chi connectivity index (χ1) is 19.8. The van der Waals surface area contributed by atoms with Crippen molar-refractivity contribution in [2.24, 2.45) is 5.92 Å². The highest BCUT2D eigenvalue weighted by molar-refractivity contribution is 5.91. The second-order valence-corrected chi connectivity index (χ2v) is 10.9. The summed E-state index contributed by atoms with van der Waals surface area (Å²) >= 11 is 0. The number of fused-ring (bicyclic) bond motifs is 1. The standard InChI is InChI=1S/C32H38FN3O5/c1-22(2)31(37)36-12-11-23-7-8-26(20-28(23)30(36)24-5-4-6-25(33)19-24)40-21-27-9-10-29(41-27)32(38)35-15-13-34(14-16-35)17-18-39-3/h4-10,19-20,22,30H,11-18,21H2,1-3H3. The molecule has 3 heterocycles. The molecule has 2 aromatic carbocycles. The number of methoxy groups -OCH3 is 1. The number of benzene rings is 2. The first-order valence-corrected chi connectivity index (χ1v) is 14.2. The summed E-state index contributed by atoms with van der Waals surface area (Å²) in [5.74, 6) is 0.846. The molecule has 9 heteroatoms. The predicted octanol–water partition coefficient (Wildman–Crippen LogP) is 4.53. The lowest BCUT2D eigenvalue weighted by Gasteiger charge is -2.39. The number of piperazine rings is 1. The Morgan fingerprint density at radius 1 is 1.02 bits per heavy atom. The maximum Gasteiger partial charge on any atom is 0.289 e. The maximum atomic E-state index is 14.2. The number of ether oxygens (including phenoxy) is 2. The van der Waals surface area contributed by atoms with Crippen molar-refractivity contribution in [3.8, 4) is 5.75 Å². The lowest BCUT2D eigenvalue weighted by atomic mass is 9.87. The van der Waals surface area contributed by atoms with Crippen molar-refractivity contribution in [3.63, 3.8) is 0 Å². The van der Waals surface area contributed by atoms with E-state index in [2.05, 4.69) is 4.90 Å². The second kappa shape index (κ2) is 12.9. The number of rotatable bonds is 9. The molecule has 8 nitrogen and oxygen atoms in total. The fourth-order valence-corrected chi connectivity index (χ4v) is 5.56. The minimum atomic E-state index is -0.407. The molecule has 0 N–H and O–H groups in total. The van der Waals surface area contributed by atoms with E-state index in [0.29, 0.717) is 49.9 Å². The van der Waals surface area contributed by atoms with Gasteiger partial charge in [-0.25, -0.2) is 4.39 Å². The topological polar surface area (TPSA) is 75.5 Å². The molecule has 3 aromatic rings. The molecule has 1 aromatic heterocycles. The molecule has 2 aliphatic rings. The van der Waals surface area contributed by atoms with Crippen LogP contribution in [-0.4, -0.2) is 79.5 Å². The van der Waals surface area contributed by atoms with Crippen molar-refractivity contribution < 1.29 is 27.9 Å². The number of halogens is 1. The molecule has 41 heavy (non-hydrogen) atoms. The van der Waals surface area contributed by atoms with Gasteiger partial charge in [0.15, 0.2) is 5.76 Å². The Balaban J connectivity index is 1.28. The summed E-state index contributed by atoms with van der Waals surface area (Å²) in [5, 5.41) is 0. The molecule has 5 rings (SSSR count). The number of carbonyl (C=O) groups is 2. The van der Waals surface area contributed by atoms with Gasteiger partial charge in [0.1, 0.15) is 23.9 Å². The third-order valence-electron chi connectivity index (χ3n) is 7.81. The molecule has 1 unspecified atom stereocenters. The SMILES string of the molecule is COCCN1CCN(C(=O)c2ccc(COc3ccc4c(c3)C(c3cccc(F)c3)N(C(=O)C(C)C)CC4)o2)CC1. The van der Waals surface area contributed by atoms with Crippen LogP contribution in [0, 0.1) is 11.7 Å². The van der Waals surface area contributed by atoms with Crippen LogP contribution in [0.15, 0.2) is 59.0 Å². The van der Waals surface area contributed by atoms with Crippen LogP contribution in [0.4, 0.5) is 4.39 Å². The van der Waals surface area contributed by atoms with Crippen molar-refractivity contribution in [3.05, 3.63) is 88.6 Å². The summed E-state index contributed by atoms with van der Waals surface area (Å²) < 4.78 is 31.3. The van der Waals surface area contributed by atoms with Crippen LogP contribution in [0.2, 0.25) is 0 Å². The Morgan fingerprint density at radius 2 is 1.83 bits per heavy atom. The third-order valence-corrected chi connectivity index (χ3v) is 7.81. The largest absolute Gasteiger partial charge is 0.486 e. The van der Waals surface area contributed by atoms with Crippen molar-refractivity contribution in [2.75, 3.05) is 53.0 Å². The van der Waals surface area contributed by atoms with Gasteiger partial charge in [-0.2, -0.15) is 0 Å². The van der Waals surface area contributed by atoms with Gasteiger partial charge in [0.25, 0.3) is 5.91 Å². The van der Waals surface area contributed by atoms with Crippen LogP contribution in [0.1, 0.15) is 52.9 Å². The number of amides is 2. The molecule has 1 atom stereocenters. The van der Waals surface area contributed by atoms with Gasteiger partial charge in [-0.05, 0) is 59.5 Å². The first kappa shape index (κ1) is 28.8. The van der Waals surface area contributed by atoms with Gasteiger partial charge in [-0.3, -0.25) is 14.5 Å². The van der Waals surface area contributed by atoms with Crippen LogP contribution in [0.3, 0.4) is 0 Å². The average Bonchev–Trinajstić information content (AvgIpc) is 3.47. The van der Waals surface area contributed by atoms with Crippen molar-refractivity contribution in [1.29, 1.82) is 0 Å². The summed E-state index contributed by atoms with van der Waals surface area (Å²) in [6.45, 7) is 8.92. The zero-order valence-corrected chi connectivity index (χ0v) is 24.0. The quantitative estimate of drug-likeness (QED) is 0.381. The monoisotopic (exact) mass is 563 g/mol. The minimum absolute atomic E-state index is 0.0282. The molecule has 2 aliphatic heterocycles. The zero-order valence-electron chi connectivity index (χ0n) is 24.0. The highest BCUT2D eigenvalue weighted by Crippen LogP contribution is 2.38. The van der Waals surface area contributed by atoms with Crippen LogP contribution < -0.4 is 4.74 Å². The van der Waals surface area contributed by atoms with Gasteiger partial charge in [0, 0.05) is 52.3 Å². The van der Waals surface area contributed by atoms with E-state index in [1.165, 1.54) is 12.1 Å². The molecule has 0 saturated carbocycles. The smallest absolute Gasteiger partial charge is 0.289 e. The lowest BCUT2D eigenvalue weighted by molar-refractivity contribution is -0.136. The van der Waals surface area contributed by atoms with Gasteiger partial charge in [0.2, 0.25) is 5.91 Å². The van der Waals surface area contributed by atoms with E-state index < -0.39 is 6.04 Å². The van der Waals surface area contributed by atoms with Crippen LogP contribution in [0.25, 0.3) is 0 Å². The van der Waals surface area contributed by atoms with E-state index in [1.807, 2.05) is 47.9 Å². The summed E-state index contributed by atoms with van der Waals surface area (Å²) in [6.07, 6.45) is 0.712. The zero-order chi connectivity index (χ0) is 28.9. The highest BCUT2D eigenvalue weighted by atomic mass is 19.1. The van der Waals surface area contributed by atoms with Gasteiger partial charge in [-0.15, -0.1) is 0 Å². The van der Waals surface area contributed by atoms with E-state index in [1.54, 1.807) is 25.3 Å². The number of carbonyl (C=O) groups excluding carboxylic acids is 2. The van der Waals surface area contributed by atoms with Crippen molar-refractivity contribution in [1.82, 2.24) is 14.7 Å². The molecular formula is C32H38FN3O5. The van der Waals surface area contributed by atoms with Crippen LogP contribution in [0.5, 0.6) is 5.75 Å². The third kappa shape index (κ3) is 6.63. The van der Waals surface area contributed by atoms with E-state index in [0.717, 1.165) is 36.3 Å². The minimum Gasteiger partial charge on any atom is -0.486 e. The van der Waals surface area contributed by atoms with E-state index in [-0.39, 0.29) is 30.2 Å². The highest BCUT2D eigenvalue weighted by Gasteiger charge is 2.33. The van der Waals surface area contributed by atoms with Crippen LogP contribution in [-0.2, 0) is 22.6 Å². The van der Waals surface area contributed by atoms with Gasteiger partial charge < -0.3 is 23.7 Å².